The summed E-state index contributed by atoms with van der Waals surface area (Å²) in [6.07, 6.45) is -4.38. The van der Waals surface area contributed by atoms with Crippen LogP contribution in [0.5, 0.6) is 17.2 Å². The molecule has 0 radical (unpaired) electrons. The van der Waals surface area contributed by atoms with Crippen molar-refractivity contribution in [2.45, 2.75) is 31.5 Å². The van der Waals surface area contributed by atoms with Crippen LogP contribution in [0.3, 0.4) is 0 Å². The molecule has 0 fully saturated rings. The van der Waals surface area contributed by atoms with Gasteiger partial charge < -0.3 is 14.2 Å². The summed E-state index contributed by atoms with van der Waals surface area (Å²) in [5, 5.41) is 0. The molecule has 0 saturated carbocycles. The molecule has 0 saturated heterocycles. The summed E-state index contributed by atoms with van der Waals surface area (Å²) in [6, 6.07) is 14.6. The predicted octanol–water partition coefficient (Wildman–Crippen LogP) is 5.30. The molecule has 192 valence electrons. The smallest absolute Gasteiger partial charge is 0.465 e. The Balaban J connectivity index is 1.58. The first-order valence-electron chi connectivity index (χ1n) is 10.7. The van der Waals surface area contributed by atoms with Gasteiger partial charge in [0, 0.05) is 6.54 Å². The van der Waals surface area contributed by atoms with Crippen LogP contribution >= 0.6 is 0 Å². The molecule has 0 aliphatic heterocycles. The Morgan fingerprint density at radius 1 is 0.917 bits per heavy atom. The van der Waals surface area contributed by atoms with Crippen molar-refractivity contribution in [3.05, 3.63) is 82.9 Å². The van der Waals surface area contributed by atoms with Crippen molar-refractivity contribution in [1.82, 2.24) is 4.72 Å². The highest BCUT2D eigenvalue weighted by Crippen LogP contribution is 2.27. The highest BCUT2D eigenvalue weighted by Gasteiger charge is 2.31. The van der Waals surface area contributed by atoms with Gasteiger partial charge in [-0.15, -0.1) is 13.2 Å². The van der Waals surface area contributed by atoms with Gasteiger partial charge in [0.25, 0.3) is 0 Å². The van der Waals surface area contributed by atoms with Crippen molar-refractivity contribution in [3.8, 4) is 17.2 Å². The van der Waals surface area contributed by atoms with Gasteiger partial charge in [0.2, 0.25) is 10.0 Å². The van der Waals surface area contributed by atoms with E-state index < -0.39 is 22.4 Å². The fraction of sp³-hybridized carbons (Fsp3) is 0.240. The second kappa shape index (κ2) is 11.0. The number of sulfonamides is 1. The molecule has 0 amide bonds. The molecule has 0 bridgehead atoms. The van der Waals surface area contributed by atoms with Gasteiger partial charge in [-0.25, -0.2) is 17.9 Å². The van der Waals surface area contributed by atoms with Crippen LogP contribution in [-0.2, 0) is 21.2 Å². The molecule has 0 unspecified atom stereocenters. The maximum absolute atomic E-state index is 12.8. The first kappa shape index (κ1) is 27.0. The number of esters is 1. The summed E-state index contributed by atoms with van der Waals surface area (Å²) >= 11 is 0. The normalized spacial score (nSPS) is 11.7. The van der Waals surface area contributed by atoms with E-state index in [9.17, 15) is 26.4 Å². The quantitative estimate of drug-likeness (QED) is 0.383. The van der Waals surface area contributed by atoms with Gasteiger partial charge in [0.1, 0.15) is 17.2 Å². The molecule has 0 aromatic heterocycles. The lowest BCUT2D eigenvalue weighted by Gasteiger charge is -2.12. The zero-order chi connectivity index (χ0) is 26.5. The summed E-state index contributed by atoms with van der Waals surface area (Å²) < 4.78 is 78.9. The fourth-order valence-corrected chi connectivity index (χ4v) is 4.43. The first-order valence-corrected chi connectivity index (χ1v) is 12.2. The van der Waals surface area contributed by atoms with Gasteiger partial charge in [0.05, 0.1) is 17.6 Å². The standard InChI is InChI=1S/C25H24F3NO6S/c1-16-14-22(15-23(17(16)2)24(30)33-3)36(31,32)29-13-12-18-4-6-19(7-5-18)34-20-8-10-21(11-9-20)35-25(26,27)28/h4-11,14-15,29H,12-13H2,1-3H3. The molecule has 36 heavy (non-hydrogen) atoms. The average molecular weight is 524 g/mol. The van der Waals surface area contributed by atoms with Crippen molar-refractivity contribution >= 4 is 16.0 Å². The summed E-state index contributed by atoms with van der Waals surface area (Å²) in [6.45, 7) is 3.55. The van der Waals surface area contributed by atoms with E-state index in [4.69, 9.17) is 9.47 Å². The van der Waals surface area contributed by atoms with Crippen molar-refractivity contribution < 1.29 is 40.6 Å². The van der Waals surface area contributed by atoms with Crippen LogP contribution in [-0.4, -0.2) is 34.4 Å². The lowest BCUT2D eigenvalue weighted by atomic mass is 10.0. The number of methoxy groups -OCH3 is 1. The van der Waals surface area contributed by atoms with Crippen molar-refractivity contribution in [3.63, 3.8) is 0 Å². The first-order chi connectivity index (χ1) is 16.9. The maximum atomic E-state index is 12.8. The Morgan fingerprint density at radius 3 is 2.03 bits per heavy atom. The Morgan fingerprint density at radius 2 is 1.47 bits per heavy atom. The minimum Gasteiger partial charge on any atom is -0.465 e. The molecule has 0 spiro atoms. The number of carbonyl (C=O) groups excluding carboxylic acids is 1. The lowest BCUT2D eigenvalue weighted by Crippen LogP contribution is -2.26. The Labute approximate surface area is 206 Å². The van der Waals surface area contributed by atoms with E-state index in [0.717, 1.165) is 17.7 Å². The Kier molecular flexibility index (Phi) is 8.26. The van der Waals surface area contributed by atoms with E-state index in [1.807, 2.05) is 0 Å². The zero-order valence-corrected chi connectivity index (χ0v) is 20.5. The molecule has 11 heteroatoms. The third kappa shape index (κ3) is 7.22. The molecule has 3 rings (SSSR count). The van der Waals surface area contributed by atoms with Crippen LogP contribution in [0.15, 0.2) is 65.6 Å². The average Bonchev–Trinajstić information content (AvgIpc) is 2.81. The number of alkyl halides is 3. The number of hydrogen-bond donors (Lipinski definition) is 1. The molecule has 1 N–H and O–H groups in total. The molecule has 7 nitrogen and oxygen atoms in total. The summed E-state index contributed by atoms with van der Waals surface area (Å²) in [7, 11) is -2.63. The summed E-state index contributed by atoms with van der Waals surface area (Å²) in [5.74, 6) is -0.186. The van der Waals surface area contributed by atoms with E-state index in [0.29, 0.717) is 29.0 Å². The number of benzene rings is 3. The van der Waals surface area contributed by atoms with E-state index in [2.05, 4.69) is 9.46 Å². The number of ether oxygens (including phenoxy) is 3. The third-order valence-corrected chi connectivity index (χ3v) is 6.72. The molecule has 0 aliphatic carbocycles. The van der Waals surface area contributed by atoms with Gasteiger partial charge in [-0.1, -0.05) is 12.1 Å². The number of aryl methyl sites for hydroxylation is 1. The summed E-state index contributed by atoms with van der Waals surface area (Å²) in [5.41, 5.74) is 2.32. The number of halogens is 3. The van der Waals surface area contributed by atoms with Crippen LogP contribution in [0.1, 0.15) is 27.0 Å². The third-order valence-electron chi connectivity index (χ3n) is 5.28. The van der Waals surface area contributed by atoms with Gasteiger partial charge in [-0.2, -0.15) is 0 Å². The fourth-order valence-electron chi connectivity index (χ4n) is 3.29. The van der Waals surface area contributed by atoms with Crippen LogP contribution < -0.4 is 14.2 Å². The topological polar surface area (TPSA) is 90.9 Å². The lowest BCUT2D eigenvalue weighted by molar-refractivity contribution is -0.274. The van der Waals surface area contributed by atoms with E-state index in [-0.39, 0.29) is 22.8 Å². The Bertz CT molecular complexity index is 1320. The molecular weight excluding hydrogens is 499 g/mol. The van der Waals surface area contributed by atoms with Gasteiger partial charge in [-0.05, 0) is 85.5 Å². The van der Waals surface area contributed by atoms with E-state index in [1.54, 1.807) is 38.1 Å². The Hall–Kier alpha value is -3.57. The molecule has 0 heterocycles. The maximum Gasteiger partial charge on any atom is 0.573 e. The van der Waals surface area contributed by atoms with Gasteiger partial charge >= 0.3 is 12.3 Å². The number of nitrogens with one attached hydrogen (secondary N) is 1. The van der Waals surface area contributed by atoms with Crippen LogP contribution in [0.4, 0.5) is 13.2 Å². The minimum atomic E-state index is -4.77. The van der Waals surface area contributed by atoms with E-state index in [1.165, 1.54) is 31.4 Å². The van der Waals surface area contributed by atoms with Crippen molar-refractivity contribution in [2.24, 2.45) is 0 Å². The second-order valence-corrected chi connectivity index (χ2v) is 9.58. The van der Waals surface area contributed by atoms with Crippen molar-refractivity contribution in [2.75, 3.05) is 13.7 Å². The van der Waals surface area contributed by atoms with Gasteiger partial charge in [-0.3, -0.25) is 0 Å². The highest BCUT2D eigenvalue weighted by molar-refractivity contribution is 7.89. The predicted molar refractivity (Wildman–Crippen MR) is 126 cm³/mol. The highest BCUT2D eigenvalue weighted by atomic mass is 32.2. The largest absolute Gasteiger partial charge is 0.573 e. The van der Waals surface area contributed by atoms with Crippen molar-refractivity contribution in [1.29, 1.82) is 0 Å². The number of carbonyl (C=O) groups is 1. The van der Waals surface area contributed by atoms with Gasteiger partial charge in [0.15, 0.2) is 0 Å². The summed E-state index contributed by atoms with van der Waals surface area (Å²) in [4.78, 5) is 12.0. The monoisotopic (exact) mass is 523 g/mol. The van der Waals surface area contributed by atoms with Crippen LogP contribution in [0, 0.1) is 13.8 Å². The molecule has 0 aliphatic rings. The number of hydrogen-bond acceptors (Lipinski definition) is 6. The molecular formula is C25H24F3NO6S. The molecule has 0 atom stereocenters. The van der Waals surface area contributed by atoms with Crippen LogP contribution in [0.25, 0.3) is 0 Å². The van der Waals surface area contributed by atoms with Crippen LogP contribution in [0.2, 0.25) is 0 Å². The molecule has 3 aromatic rings. The van der Waals surface area contributed by atoms with E-state index >= 15 is 0 Å². The minimum absolute atomic E-state index is 0.0265. The zero-order valence-electron chi connectivity index (χ0n) is 19.7. The second-order valence-electron chi connectivity index (χ2n) is 7.82. The molecule has 3 aromatic carbocycles. The number of rotatable bonds is 9. The SMILES string of the molecule is COC(=O)c1cc(S(=O)(=O)NCCc2ccc(Oc3ccc(OC(F)(F)F)cc3)cc2)cc(C)c1C.